The molecule has 2 rings (SSSR count). The summed E-state index contributed by atoms with van der Waals surface area (Å²) in [4.78, 5) is 2.26. The minimum absolute atomic E-state index is 0.0874. The molecule has 19 heavy (non-hydrogen) atoms. The van der Waals surface area contributed by atoms with Gasteiger partial charge in [-0.15, -0.1) is 0 Å². The summed E-state index contributed by atoms with van der Waals surface area (Å²) in [5.74, 6) is -0.0874. The molecular formula is C16H25FN2. The van der Waals surface area contributed by atoms with Gasteiger partial charge in [-0.1, -0.05) is 26.3 Å². The van der Waals surface area contributed by atoms with Gasteiger partial charge >= 0.3 is 0 Å². The Morgan fingerprint density at radius 3 is 2.79 bits per heavy atom. The molecule has 0 aromatic heterocycles. The quantitative estimate of drug-likeness (QED) is 0.895. The molecule has 0 bridgehead atoms. The number of nitrogens with one attached hydrogen (secondary N) is 1. The third kappa shape index (κ3) is 3.27. The van der Waals surface area contributed by atoms with Gasteiger partial charge in [0.15, 0.2) is 0 Å². The number of anilines is 1. The molecule has 0 radical (unpaired) electrons. The van der Waals surface area contributed by atoms with Crippen molar-refractivity contribution in [3.63, 3.8) is 0 Å². The van der Waals surface area contributed by atoms with Crippen LogP contribution in [0.4, 0.5) is 10.1 Å². The van der Waals surface area contributed by atoms with Crippen molar-refractivity contribution in [1.82, 2.24) is 5.32 Å². The lowest BCUT2D eigenvalue weighted by Gasteiger charge is -2.42. The highest BCUT2D eigenvalue weighted by Gasteiger charge is 2.27. The molecule has 1 aliphatic heterocycles. The zero-order valence-corrected chi connectivity index (χ0v) is 12.2. The fourth-order valence-electron chi connectivity index (χ4n) is 2.91. The summed E-state index contributed by atoms with van der Waals surface area (Å²) < 4.78 is 14.2. The van der Waals surface area contributed by atoms with Crippen molar-refractivity contribution in [2.45, 2.75) is 52.1 Å². The van der Waals surface area contributed by atoms with E-state index in [1.165, 1.54) is 6.42 Å². The predicted molar refractivity (Wildman–Crippen MR) is 79.3 cm³/mol. The lowest BCUT2D eigenvalue weighted by Crippen LogP contribution is -2.56. The van der Waals surface area contributed by atoms with Crippen molar-refractivity contribution in [2.75, 3.05) is 18.0 Å². The molecule has 2 nitrogen and oxygen atoms in total. The summed E-state index contributed by atoms with van der Waals surface area (Å²) in [6.45, 7) is 8.17. The molecule has 0 aliphatic carbocycles. The maximum Gasteiger partial charge on any atom is 0.146 e. The summed E-state index contributed by atoms with van der Waals surface area (Å²) in [5, 5.41) is 3.59. The molecular weight excluding hydrogens is 239 g/mol. The van der Waals surface area contributed by atoms with E-state index in [2.05, 4.69) is 24.1 Å². The second-order valence-electron chi connectivity index (χ2n) is 5.56. The average molecular weight is 264 g/mol. The Morgan fingerprint density at radius 2 is 2.16 bits per heavy atom. The van der Waals surface area contributed by atoms with Gasteiger partial charge in [-0.2, -0.15) is 0 Å². The SMILES string of the molecule is CCCC1CN(c2ccc(C)cc2F)C(CC)CN1. The lowest BCUT2D eigenvalue weighted by atomic mass is 10.0. The highest BCUT2D eigenvalue weighted by molar-refractivity contribution is 5.50. The fourth-order valence-corrected chi connectivity index (χ4v) is 2.91. The number of benzene rings is 1. The molecule has 1 aliphatic rings. The first kappa shape index (κ1) is 14.3. The number of hydrogen-bond donors (Lipinski definition) is 1. The van der Waals surface area contributed by atoms with E-state index in [0.717, 1.165) is 37.2 Å². The second-order valence-corrected chi connectivity index (χ2v) is 5.56. The van der Waals surface area contributed by atoms with Gasteiger partial charge in [0.2, 0.25) is 0 Å². The molecule has 2 unspecified atom stereocenters. The van der Waals surface area contributed by atoms with Gasteiger partial charge in [0.1, 0.15) is 5.82 Å². The molecule has 0 spiro atoms. The van der Waals surface area contributed by atoms with Crippen LogP contribution in [0.1, 0.15) is 38.7 Å². The number of rotatable bonds is 4. The van der Waals surface area contributed by atoms with Crippen molar-refractivity contribution >= 4 is 5.69 Å². The third-order valence-corrected chi connectivity index (χ3v) is 4.02. The highest BCUT2D eigenvalue weighted by atomic mass is 19.1. The van der Waals surface area contributed by atoms with Crippen LogP contribution in [0.3, 0.4) is 0 Å². The largest absolute Gasteiger partial charge is 0.363 e. The molecule has 1 fully saturated rings. The molecule has 0 saturated carbocycles. The maximum atomic E-state index is 14.2. The summed E-state index contributed by atoms with van der Waals surface area (Å²) in [6.07, 6.45) is 3.36. The van der Waals surface area contributed by atoms with Crippen LogP contribution >= 0.6 is 0 Å². The van der Waals surface area contributed by atoms with Gasteiger partial charge in [0.05, 0.1) is 5.69 Å². The Hall–Kier alpha value is -1.09. The molecule has 1 aromatic rings. The van der Waals surface area contributed by atoms with E-state index in [1.54, 1.807) is 6.07 Å². The van der Waals surface area contributed by atoms with Crippen LogP contribution in [-0.2, 0) is 0 Å². The Bertz CT molecular complexity index is 419. The second kappa shape index (κ2) is 6.38. The Kier molecular flexibility index (Phi) is 4.81. The molecule has 106 valence electrons. The number of aryl methyl sites for hydroxylation is 1. The van der Waals surface area contributed by atoms with Gasteiger partial charge < -0.3 is 10.2 Å². The minimum Gasteiger partial charge on any atom is -0.363 e. The van der Waals surface area contributed by atoms with Crippen LogP contribution in [0.25, 0.3) is 0 Å². The molecule has 1 heterocycles. The van der Waals surface area contributed by atoms with Crippen LogP contribution in [0.15, 0.2) is 18.2 Å². The van der Waals surface area contributed by atoms with Gasteiger partial charge in [0.25, 0.3) is 0 Å². The number of halogens is 1. The average Bonchev–Trinajstić information content (AvgIpc) is 2.39. The van der Waals surface area contributed by atoms with Crippen LogP contribution < -0.4 is 10.2 Å². The Balaban J connectivity index is 2.22. The topological polar surface area (TPSA) is 15.3 Å². The van der Waals surface area contributed by atoms with E-state index < -0.39 is 0 Å². The zero-order chi connectivity index (χ0) is 13.8. The minimum atomic E-state index is -0.0874. The molecule has 3 heteroatoms. The summed E-state index contributed by atoms with van der Waals surface area (Å²) in [6, 6.07) is 6.45. The van der Waals surface area contributed by atoms with Gasteiger partial charge in [0, 0.05) is 25.2 Å². The van der Waals surface area contributed by atoms with Crippen molar-refractivity contribution in [2.24, 2.45) is 0 Å². The van der Waals surface area contributed by atoms with E-state index in [1.807, 2.05) is 19.1 Å². The first-order chi connectivity index (χ1) is 9.15. The first-order valence-electron chi connectivity index (χ1n) is 7.41. The lowest BCUT2D eigenvalue weighted by molar-refractivity contribution is 0.366. The van der Waals surface area contributed by atoms with Crippen molar-refractivity contribution in [3.05, 3.63) is 29.6 Å². The van der Waals surface area contributed by atoms with E-state index in [0.29, 0.717) is 12.1 Å². The zero-order valence-electron chi connectivity index (χ0n) is 12.2. The molecule has 1 aromatic carbocycles. The monoisotopic (exact) mass is 264 g/mol. The standard InChI is InChI=1S/C16H25FN2/c1-4-6-13-11-19(14(5-2)10-18-13)16-8-7-12(3)9-15(16)17/h7-9,13-14,18H,4-6,10-11H2,1-3H3. The molecule has 0 amide bonds. The van der Waals surface area contributed by atoms with Gasteiger partial charge in [-0.3, -0.25) is 0 Å². The summed E-state index contributed by atoms with van der Waals surface area (Å²) in [7, 11) is 0. The van der Waals surface area contributed by atoms with Crippen molar-refractivity contribution in [1.29, 1.82) is 0 Å². The van der Waals surface area contributed by atoms with Gasteiger partial charge in [-0.25, -0.2) is 4.39 Å². The fraction of sp³-hybridized carbons (Fsp3) is 0.625. The van der Waals surface area contributed by atoms with E-state index in [9.17, 15) is 4.39 Å². The Labute approximate surface area is 116 Å². The highest BCUT2D eigenvalue weighted by Crippen LogP contribution is 2.26. The number of nitrogens with zero attached hydrogens (tertiary/aromatic N) is 1. The van der Waals surface area contributed by atoms with Crippen LogP contribution in [0.5, 0.6) is 0 Å². The third-order valence-electron chi connectivity index (χ3n) is 4.02. The van der Waals surface area contributed by atoms with Crippen LogP contribution in [0, 0.1) is 12.7 Å². The van der Waals surface area contributed by atoms with E-state index in [-0.39, 0.29) is 5.82 Å². The van der Waals surface area contributed by atoms with Crippen molar-refractivity contribution < 1.29 is 4.39 Å². The number of hydrogen-bond acceptors (Lipinski definition) is 2. The van der Waals surface area contributed by atoms with E-state index in [4.69, 9.17) is 0 Å². The molecule has 2 atom stereocenters. The van der Waals surface area contributed by atoms with Crippen molar-refractivity contribution in [3.8, 4) is 0 Å². The molecule has 1 saturated heterocycles. The molecule has 1 N–H and O–H groups in total. The van der Waals surface area contributed by atoms with Crippen LogP contribution in [-0.4, -0.2) is 25.2 Å². The maximum absolute atomic E-state index is 14.2. The van der Waals surface area contributed by atoms with E-state index >= 15 is 0 Å². The normalized spacial score (nSPS) is 23.7. The van der Waals surface area contributed by atoms with Gasteiger partial charge in [-0.05, 0) is 37.5 Å². The van der Waals surface area contributed by atoms with Crippen LogP contribution in [0.2, 0.25) is 0 Å². The smallest absolute Gasteiger partial charge is 0.146 e. The summed E-state index contributed by atoms with van der Waals surface area (Å²) >= 11 is 0. The first-order valence-corrected chi connectivity index (χ1v) is 7.41. The predicted octanol–water partition coefficient (Wildman–Crippen LogP) is 3.49. The Morgan fingerprint density at radius 1 is 1.37 bits per heavy atom. The summed E-state index contributed by atoms with van der Waals surface area (Å²) in [5.41, 5.74) is 1.74. The number of piperazine rings is 1.